The van der Waals surface area contributed by atoms with Crippen LogP contribution < -0.4 is 14.2 Å². The van der Waals surface area contributed by atoms with E-state index in [-0.39, 0.29) is 35.9 Å². The number of aromatic nitrogens is 2. The van der Waals surface area contributed by atoms with Crippen LogP contribution in [-0.2, 0) is 4.79 Å². The van der Waals surface area contributed by atoms with Gasteiger partial charge in [-0.1, -0.05) is 50.2 Å². The van der Waals surface area contributed by atoms with Crippen LogP contribution in [0.15, 0.2) is 84.9 Å². The van der Waals surface area contributed by atoms with E-state index in [0.29, 0.717) is 34.3 Å². The number of allylic oxidation sites excluding steroid dienone is 1. The number of fused-ring (bicyclic) bond motifs is 3. The quantitative estimate of drug-likeness (QED) is 0.175. The number of carbonyl (C=O) groups is 2. The molecule has 0 aliphatic carbocycles. The van der Waals surface area contributed by atoms with Crippen molar-refractivity contribution in [3.05, 3.63) is 113 Å². The van der Waals surface area contributed by atoms with Crippen LogP contribution in [0.2, 0.25) is 0 Å². The van der Waals surface area contributed by atoms with E-state index >= 15 is 0 Å². The molecule has 0 spiro atoms. The van der Waals surface area contributed by atoms with Crippen LogP contribution in [0.3, 0.4) is 0 Å². The van der Waals surface area contributed by atoms with Crippen molar-refractivity contribution in [1.82, 2.24) is 9.97 Å². The number of carbonyl (C=O) groups excluding carboxylic acids is 2. The highest BCUT2D eigenvalue weighted by Crippen LogP contribution is 2.49. The van der Waals surface area contributed by atoms with Crippen LogP contribution in [-0.4, -0.2) is 21.7 Å². The summed E-state index contributed by atoms with van der Waals surface area (Å²) in [7, 11) is 0. The summed E-state index contributed by atoms with van der Waals surface area (Å²) < 4.78 is 17.5. The number of ether oxygens (including phenoxy) is 3. The minimum atomic E-state index is -0.390. The number of nitrogens with zero attached hydrogens (tertiary/aromatic N) is 2. The van der Waals surface area contributed by atoms with Crippen molar-refractivity contribution < 1.29 is 23.8 Å². The zero-order valence-corrected chi connectivity index (χ0v) is 20.9. The zero-order chi connectivity index (χ0) is 26.2. The van der Waals surface area contributed by atoms with Gasteiger partial charge in [-0.2, -0.15) is 0 Å². The molecule has 2 aliphatic rings. The Morgan fingerprint density at radius 3 is 2.50 bits per heavy atom. The summed E-state index contributed by atoms with van der Waals surface area (Å²) in [6.07, 6.45) is 5.04. The molecular weight excluding hydrogens is 480 g/mol. The first kappa shape index (κ1) is 23.6. The van der Waals surface area contributed by atoms with E-state index in [0.717, 1.165) is 11.1 Å². The molecule has 3 aromatic carbocycles. The minimum Gasteiger partial charge on any atom is -0.452 e. The third kappa shape index (κ3) is 4.43. The Kier molecular flexibility index (Phi) is 5.96. The van der Waals surface area contributed by atoms with Gasteiger partial charge in [-0.25, -0.2) is 9.97 Å². The molecule has 1 unspecified atom stereocenters. The lowest BCUT2D eigenvalue weighted by atomic mass is 9.84. The van der Waals surface area contributed by atoms with Crippen LogP contribution >= 0.6 is 0 Å². The standard InChI is InChI=1S/C31H24N2O5/c1-18(2)20-9-7-19(8-10-20)15-26-29(35)23-11-12-25-28(30(23)38-26)24(17-27(34)37-25)21-5-3-6-22(16-21)36-31-32-13-4-14-33-31/h3-16,18,24H,17H2,1-2H3/b26-15-. The van der Waals surface area contributed by atoms with Crippen molar-refractivity contribution in [1.29, 1.82) is 0 Å². The van der Waals surface area contributed by atoms with E-state index in [4.69, 9.17) is 14.2 Å². The summed E-state index contributed by atoms with van der Waals surface area (Å²) >= 11 is 0. The molecule has 38 heavy (non-hydrogen) atoms. The molecule has 0 amide bonds. The fourth-order valence-electron chi connectivity index (χ4n) is 4.76. The molecule has 0 bridgehead atoms. The summed E-state index contributed by atoms with van der Waals surface area (Å²) in [6.45, 7) is 4.27. The van der Waals surface area contributed by atoms with Crippen LogP contribution in [0.1, 0.15) is 64.7 Å². The SMILES string of the molecule is CC(C)c1ccc(/C=C2\Oc3c(ccc4c3C(c3cccc(Oc5ncccn5)c3)CC(=O)O4)C2=O)cc1. The zero-order valence-electron chi connectivity index (χ0n) is 20.9. The fraction of sp³-hybridized carbons (Fsp3) is 0.161. The maximum absolute atomic E-state index is 13.3. The molecule has 0 saturated carbocycles. The number of esters is 1. The predicted molar refractivity (Wildman–Crippen MR) is 141 cm³/mol. The second kappa shape index (κ2) is 9.59. The normalized spacial score (nSPS) is 17.1. The molecule has 4 aromatic rings. The van der Waals surface area contributed by atoms with Gasteiger partial charge in [-0.3, -0.25) is 9.59 Å². The molecule has 3 heterocycles. The van der Waals surface area contributed by atoms with E-state index in [1.165, 1.54) is 5.56 Å². The lowest BCUT2D eigenvalue weighted by molar-refractivity contribution is -0.135. The summed E-state index contributed by atoms with van der Waals surface area (Å²) in [5, 5.41) is 0. The van der Waals surface area contributed by atoms with Gasteiger partial charge in [0.25, 0.3) is 0 Å². The number of Topliss-reactive ketones (excluding diaryl/α,β-unsaturated/α-hetero) is 1. The topological polar surface area (TPSA) is 87.6 Å². The molecular formula is C31H24N2O5. The van der Waals surface area contributed by atoms with Crippen molar-refractivity contribution in [2.24, 2.45) is 0 Å². The number of rotatable bonds is 5. The molecule has 2 aliphatic heterocycles. The Balaban J connectivity index is 1.36. The average Bonchev–Trinajstić information content (AvgIpc) is 3.24. The van der Waals surface area contributed by atoms with Crippen molar-refractivity contribution in [3.8, 4) is 23.3 Å². The maximum Gasteiger partial charge on any atom is 0.321 e. The largest absolute Gasteiger partial charge is 0.452 e. The Labute approximate surface area is 219 Å². The number of ketones is 1. The Morgan fingerprint density at radius 1 is 0.947 bits per heavy atom. The lowest BCUT2D eigenvalue weighted by Crippen LogP contribution is -2.21. The van der Waals surface area contributed by atoms with E-state index in [9.17, 15) is 9.59 Å². The summed E-state index contributed by atoms with van der Waals surface area (Å²) in [5.74, 6) is 1.05. The average molecular weight is 505 g/mol. The van der Waals surface area contributed by atoms with Crippen molar-refractivity contribution >= 4 is 17.8 Å². The predicted octanol–water partition coefficient (Wildman–Crippen LogP) is 6.45. The fourth-order valence-corrected chi connectivity index (χ4v) is 4.76. The Hall–Kier alpha value is -4.78. The first-order chi connectivity index (χ1) is 18.5. The van der Waals surface area contributed by atoms with Crippen LogP contribution in [0, 0.1) is 0 Å². The van der Waals surface area contributed by atoms with Gasteiger partial charge in [0.1, 0.15) is 17.2 Å². The molecule has 0 fully saturated rings. The van der Waals surface area contributed by atoms with Crippen molar-refractivity contribution in [2.75, 3.05) is 0 Å². The first-order valence-corrected chi connectivity index (χ1v) is 12.4. The van der Waals surface area contributed by atoms with Gasteiger partial charge in [0.05, 0.1) is 12.0 Å². The second-order valence-electron chi connectivity index (χ2n) is 9.55. The van der Waals surface area contributed by atoms with Crippen molar-refractivity contribution in [3.63, 3.8) is 0 Å². The highest BCUT2D eigenvalue weighted by Gasteiger charge is 2.38. The van der Waals surface area contributed by atoms with Gasteiger partial charge in [0, 0.05) is 23.9 Å². The minimum absolute atomic E-state index is 0.0992. The molecule has 0 N–H and O–H groups in total. The molecule has 7 heteroatoms. The van der Waals surface area contributed by atoms with Crippen LogP contribution in [0.4, 0.5) is 0 Å². The highest BCUT2D eigenvalue weighted by molar-refractivity contribution is 6.15. The van der Waals surface area contributed by atoms with E-state index < -0.39 is 0 Å². The smallest absolute Gasteiger partial charge is 0.321 e. The molecule has 1 aromatic heterocycles. The van der Waals surface area contributed by atoms with Crippen LogP contribution in [0.25, 0.3) is 6.08 Å². The molecule has 0 saturated heterocycles. The second-order valence-corrected chi connectivity index (χ2v) is 9.55. The van der Waals surface area contributed by atoms with Crippen molar-refractivity contribution in [2.45, 2.75) is 32.1 Å². The molecule has 7 nitrogen and oxygen atoms in total. The lowest BCUT2D eigenvalue weighted by Gasteiger charge is -2.26. The Morgan fingerprint density at radius 2 is 1.74 bits per heavy atom. The molecule has 1 atom stereocenters. The van der Waals surface area contributed by atoms with Gasteiger partial charge < -0.3 is 14.2 Å². The first-order valence-electron chi connectivity index (χ1n) is 12.4. The van der Waals surface area contributed by atoms with E-state index in [1.54, 1.807) is 42.7 Å². The van der Waals surface area contributed by atoms with Gasteiger partial charge in [0.15, 0.2) is 5.76 Å². The molecule has 188 valence electrons. The van der Waals surface area contributed by atoms with E-state index in [2.05, 4.69) is 35.9 Å². The van der Waals surface area contributed by atoms with Gasteiger partial charge >= 0.3 is 12.0 Å². The number of hydrogen-bond acceptors (Lipinski definition) is 7. The van der Waals surface area contributed by atoms with Gasteiger partial charge in [-0.15, -0.1) is 0 Å². The maximum atomic E-state index is 13.3. The molecule has 6 rings (SSSR count). The third-order valence-electron chi connectivity index (χ3n) is 6.69. The van der Waals surface area contributed by atoms with Gasteiger partial charge in [0.2, 0.25) is 5.78 Å². The third-order valence-corrected chi connectivity index (χ3v) is 6.69. The summed E-state index contributed by atoms with van der Waals surface area (Å²) in [4.78, 5) is 34.0. The highest BCUT2D eigenvalue weighted by atomic mass is 16.5. The summed E-state index contributed by atoms with van der Waals surface area (Å²) in [5.41, 5.74) is 4.03. The van der Waals surface area contributed by atoms with Crippen LogP contribution in [0.5, 0.6) is 23.3 Å². The monoisotopic (exact) mass is 504 g/mol. The summed E-state index contributed by atoms with van der Waals surface area (Å²) in [6, 6.07) is 20.7. The van der Waals surface area contributed by atoms with E-state index in [1.807, 2.05) is 30.3 Å². The number of benzene rings is 3. The van der Waals surface area contributed by atoms with Gasteiger partial charge in [-0.05, 0) is 59.0 Å². The Bertz CT molecular complexity index is 1580. The molecule has 0 radical (unpaired) electrons. The number of hydrogen-bond donors (Lipinski definition) is 0.